The topological polar surface area (TPSA) is 75.7 Å². The average molecular weight is 448 g/mol. The van der Waals surface area contributed by atoms with Crippen molar-refractivity contribution in [2.75, 3.05) is 12.0 Å². The molecule has 0 aromatic heterocycles. The van der Waals surface area contributed by atoms with E-state index in [1.54, 1.807) is 55.6 Å². The molecule has 126 valence electrons. The predicted octanol–water partition coefficient (Wildman–Crippen LogP) is 2.97. The highest BCUT2D eigenvalue weighted by Crippen LogP contribution is 2.25. The number of hydrogen-bond acceptors (Lipinski definition) is 4. The van der Waals surface area contributed by atoms with E-state index in [9.17, 15) is 14.4 Å². The van der Waals surface area contributed by atoms with Crippen LogP contribution < -0.4 is 15.0 Å². The van der Waals surface area contributed by atoms with E-state index in [4.69, 9.17) is 4.74 Å². The highest BCUT2D eigenvalue weighted by atomic mass is 127. The molecule has 3 rings (SSSR count). The van der Waals surface area contributed by atoms with E-state index in [1.807, 2.05) is 0 Å². The summed E-state index contributed by atoms with van der Waals surface area (Å²) in [6.45, 7) is 0. The Morgan fingerprint density at radius 3 is 2.44 bits per heavy atom. The van der Waals surface area contributed by atoms with Crippen LogP contribution in [-0.2, 0) is 9.59 Å². The van der Waals surface area contributed by atoms with Crippen molar-refractivity contribution >= 4 is 52.2 Å². The Bertz CT molecular complexity index is 893. The Balaban J connectivity index is 2.00. The molecule has 0 aliphatic carbocycles. The van der Waals surface area contributed by atoms with E-state index in [-0.39, 0.29) is 5.57 Å². The highest BCUT2D eigenvalue weighted by Gasteiger charge is 2.36. The van der Waals surface area contributed by atoms with Gasteiger partial charge in [-0.05, 0) is 58.5 Å². The molecule has 0 radical (unpaired) electrons. The number of carbonyl (C=O) groups excluding carboxylic acids is 3. The lowest BCUT2D eigenvalue weighted by atomic mass is 10.1. The number of urea groups is 1. The molecule has 1 fully saturated rings. The Kier molecular flexibility index (Phi) is 4.84. The summed E-state index contributed by atoms with van der Waals surface area (Å²) >= 11 is 2.10. The van der Waals surface area contributed by atoms with E-state index in [0.29, 0.717) is 17.0 Å². The molecule has 1 heterocycles. The van der Waals surface area contributed by atoms with Crippen LogP contribution in [0.25, 0.3) is 6.08 Å². The average Bonchev–Trinajstić information content (AvgIpc) is 2.59. The maximum absolute atomic E-state index is 12.7. The standard InChI is InChI=1S/C18H13IN2O4/c1-25-15-8-7-11(10-14(15)19)9-13-16(22)20-18(24)21(17(13)23)12-5-3-2-4-6-12/h2-10H,1H3,(H,20,22,24)/b13-9+. The van der Waals surface area contributed by atoms with Crippen LogP contribution in [0.15, 0.2) is 54.1 Å². The van der Waals surface area contributed by atoms with Gasteiger partial charge in [0.2, 0.25) is 0 Å². The van der Waals surface area contributed by atoms with Gasteiger partial charge in [-0.15, -0.1) is 0 Å². The second-order valence-corrected chi connectivity index (χ2v) is 6.35. The van der Waals surface area contributed by atoms with Crippen molar-refractivity contribution in [1.29, 1.82) is 0 Å². The Hall–Kier alpha value is -2.68. The smallest absolute Gasteiger partial charge is 0.335 e. The van der Waals surface area contributed by atoms with Gasteiger partial charge in [0.25, 0.3) is 11.8 Å². The lowest BCUT2D eigenvalue weighted by molar-refractivity contribution is -0.122. The third-order valence-electron chi connectivity index (χ3n) is 3.60. The van der Waals surface area contributed by atoms with Crippen LogP contribution in [0, 0.1) is 3.57 Å². The molecule has 1 aliphatic rings. The highest BCUT2D eigenvalue weighted by molar-refractivity contribution is 14.1. The van der Waals surface area contributed by atoms with E-state index in [1.165, 1.54) is 6.08 Å². The van der Waals surface area contributed by atoms with Crippen LogP contribution in [0.4, 0.5) is 10.5 Å². The third-order valence-corrected chi connectivity index (χ3v) is 4.45. The second kappa shape index (κ2) is 7.06. The molecule has 1 saturated heterocycles. The fourth-order valence-corrected chi connectivity index (χ4v) is 3.17. The van der Waals surface area contributed by atoms with Crippen molar-refractivity contribution < 1.29 is 19.1 Å². The third kappa shape index (κ3) is 3.41. The second-order valence-electron chi connectivity index (χ2n) is 5.19. The molecule has 0 saturated carbocycles. The lowest BCUT2D eigenvalue weighted by Crippen LogP contribution is -2.54. The molecule has 4 amide bonds. The maximum atomic E-state index is 12.7. The van der Waals surface area contributed by atoms with Gasteiger partial charge in [0.05, 0.1) is 16.4 Å². The van der Waals surface area contributed by atoms with Crippen molar-refractivity contribution in [3.8, 4) is 5.75 Å². The van der Waals surface area contributed by atoms with Crippen molar-refractivity contribution in [2.24, 2.45) is 0 Å². The first-order valence-electron chi connectivity index (χ1n) is 7.31. The number of anilines is 1. The van der Waals surface area contributed by atoms with Crippen LogP contribution in [0.5, 0.6) is 5.75 Å². The molecule has 2 aromatic carbocycles. The van der Waals surface area contributed by atoms with Crippen LogP contribution >= 0.6 is 22.6 Å². The van der Waals surface area contributed by atoms with Gasteiger partial charge in [-0.2, -0.15) is 0 Å². The Morgan fingerprint density at radius 2 is 1.80 bits per heavy atom. The number of carbonyl (C=O) groups is 3. The van der Waals surface area contributed by atoms with Gasteiger partial charge in [0.1, 0.15) is 11.3 Å². The molecule has 1 aliphatic heterocycles. The molecule has 1 N–H and O–H groups in total. The van der Waals surface area contributed by atoms with Gasteiger partial charge in [-0.25, -0.2) is 9.69 Å². The number of imide groups is 2. The number of amides is 4. The number of benzene rings is 2. The molecule has 0 spiro atoms. The van der Waals surface area contributed by atoms with Crippen molar-refractivity contribution in [3.05, 3.63) is 63.2 Å². The monoisotopic (exact) mass is 448 g/mol. The van der Waals surface area contributed by atoms with E-state index in [2.05, 4.69) is 27.9 Å². The molecule has 7 heteroatoms. The van der Waals surface area contributed by atoms with Gasteiger partial charge in [-0.1, -0.05) is 24.3 Å². The Labute approximate surface area is 157 Å². The first kappa shape index (κ1) is 17.2. The number of barbiturate groups is 1. The van der Waals surface area contributed by atoms with E-state index in [0.717, 1.165) is 8.47 Å². The quantitative estimate of drug-likeness (QED) is 0.445. The first-order valence-corrected chi connectivity index (χ1v) is 8.39. The molecule has 6 nitrogen and oxygen atoms in total. The minimum absolute atomic E-state index is 0.107. The largest absolute Gasteiger partial charge is 0.496 e. The number of ether oxygens (including phenoxy) is 1. The van der Waals surface area contributed by atoms with Gasteiger partial charge in [0.15, 0.2) is 0 Å². The zero-order chi connectivity index (χ0) is 18.0. The molecule has 0 bridgehead atoms. The summed E-state index contributed by atoms with van der Waals surface area (Å²) in [6, 6.07) is 13.0. The zero-order valence-corrected chi connectivity index (χ0v) is 15.3. The summed E-state index contributed by atoms with van der Waals surface area (Å²) < 4.78 is 6.04. The van der Waals surface area contributed by atoms with Crippen molar-refractivity contribution in [2.45, 2.75) is 0 Å². The summed E-state index contributed by atoms with van der Waals surface area (Å²) in [7, 11) is 1.57. The number of methoxy groups -OCH3 is 1. The molecule has 25 heavy (non-hydrogen) atoms. The van der Waals surface area contributed by atoms with Gasteiger partial charge in [-0.3, -0.25) is 14.9 Å². The minimum Gasteiger partial charge on any atom is -0.496 e. The fraction of sp³-hybridized carbons (Fsp3) is 0.0556. The number of hydrogen-bond donors (Lipinski definition) is 1. The summed E-state index contributed by atoms with van der Waals surface area (Å²) in [4.78, 5) is 37.9. The van der Waals surface area contributed by atoms with Gasteiger partial charge < -0.3 is 4.74 Å². The first-order chi connectivity index (χ1) is 12.0. The SMILES string of the molecule is COc1ccc(/C=C2\C(=O)NC(=O)N(c3ccccc3)C2=O)cc1I. The molecule has 0 unspecified atom stereocenters. The fourth-order valence-electron chi connectivity index (χ4n) is 2.41. The molecular weight excluding hydrogens is 435 g/mol. The number of rotatable bonds is 3. The molecular formula is C18H13IN2O4. The number of nitrogens with one attached hydrogen (secondary N) is 1. The molecule has 0 atom stereocenters. The van der Waals surface area contributed by atoms with Crippen molar-refractivity contribution in [1.82, 2.24) is 5.32 Å². The Morgan fingerprint density at radius 1 is 1.08 bits per heavy atom. The normalized spacial score (nSPS) is 16.2. The summed E-state index contributed by atoms with van der Waals surface area (Å²) in [6.07, 6.45) is 1.46. The lowest BCUT2D eigenvalue weighted by Gasteiger charge is -2.26. The van der Waals surface area contributed by atoms with Crippen molar-refractivity contribution in [3.63, 3.8) is 0 Å². The van der Waals surface area contributed by atoms with Crippen LogP contribution in [0.3, 0.4) is 0 Å². The number of nitrogens with zero attached hydrogens (tertiary/aromatic N) is 1. The van der Waals surface area contributed by atoms with Crippen LogP contribution in [0.2, 0.25) is 0 Å². The zero-order valence-electron chi connectivity index (χ0n) is 13.2. The summed E-state index contributed by atoms with van der Waals surface area (Å²) in [5.74, 6) is -0.679. The maximum Gasteiger partial charge on any atom is 0.335 e. The summed E-state index contributed by atoms with van der Waals surface area (Å²) in [5.41, 5.74) is 0.947. The van der Waals surface area contributed by atoms with Crippen LogP contribution in [-0.4, -0.2) is 25.0 Å². The number of halogens is 1. The van der Waals surface area contributed by atoms with E-state index >= 15 is 0 Å². The summed E-state index contributed by atoms with van der Waals surface area (Å²) in [5, 5.41) is 2.20. The molecule has 2 aromatic rings. The number of para-hydroxylation sites is 1. The predicted molar refractivity (Wildman–Crippen MR) is 101 cm³/mol. The van der Waals surface area contributed by atoms with E-state index < -0.39 is 17.8 Å². The van der Waals surface area contributed by atoms with Gasteiger partial charge >= 0.3 is 6.03 Å². The minimum atomic E-state index is -0.761. The van der Waals surface area contributed by atoms with Crippen LogP contribution in [0.1, 0.15) is 5.56 Å². The van der Waals surface area contributed by atoms with Gasteiger partial charge in [0, 0.05) is 0 Å².